The number of amides is 1. The fraction of sp³-hybridized carbons (Fsp3) is 0.294. The second-order valence-corrected chi connectivity index (χ2v) is 6.03. The summed E-state index contributed by atoms with van der Waals surface area (Å²) in [5, 5.41) is 4.18. The molecule has 0 radical (unpaired) electrons. The summed E-state index contributed by atoms with van der Waals surface area (Å²) in [5.74, 6) is -0.0997. The fourth-order valence-corrected chi connectivity index (χ4v) is 3.20. The van der Waals surface area contributed by atoms with Crippen LogP contribution in [-0.4, -0.2) is 31.6 Å². The van der Waals surface area contributed by atoms with E-state index in [-0.39, 0.29) is 17.1 Å². The Morgan fingerprint density at radius 1 is 1.25 bits per heavy atom. The maximum atomic E-state index is 13.0. The molecule has 1 aromatic carbocycles. The number of benzene rings is 1. The summed E-state index contributed by atoms with van der Waals surface area (Å²) in [6.45, 7) is 2.65. The zero-order chi connectivity index (χ0) is 16.7. The third-order valence-corrected chi connectivity index (χ3v) is 4.39. The highest BCUT2D eigenvalue weighted by atomic mass is 16.2. The van der Waals surface area contributed by atoms with E-state index in [0.29, 0.717) is 13.0 Å². The number of hydrogen-bond donors (Lipinski definition) is 0. The van der Waals surface area contributed by atoms with E-state index >= 15 is 0 Å². The highest BCUT2D eigenvalue weighted by Gasteiger charge is 2.32. The molecular weight excluding hydrogens is 306 g/mol. The molecule has 0 saturated carbocycles. The van der Waals surface area contributed by atoms with Crippen molar-refractivity contribution in [2.45, 2.75) is 25.8 Å². The number of piperidine rings is 1. The smallest absolute Gasteiger partial charge is 0.311 e. The van der Waals surface area contributed by atoms with Gasteiger partial charge in [0.25, 0.3) is 5.91 Å². The molecular formula is C17H17N5O2. The monoisotopic (exact) mass is 323 g/mol. The maximum Gasteiger partial charge on any atom is 0.311 e. The Balaban J connectivity index is 1.74. The van der Waals surface area contributed by atoms with Crippen molar-refractivity contribution in [1.29, 1.82) is 0 Å². The number of fused-ring (bicyclic) bond motifs is 1. The van der Waals surface area contributed by atoms with Crippen molar-refractivity contribution in [3.8, 4) is 0 Å². The van der Waals surface area contributed by atoms with E-state index in [1.807, 2.05) is 31.2 Å². The van der Waals surface area contributed by atoms with Crippen LogP contribution in [0.15, 0.2) is 47.8 Å². The summed E-state index contributed by atoms with van der Waals surface area (Å²) in [6, 6.07) is 7.24. The fourth-order valence-electron chi connectivity index (χ4n) is 3.20. The molecule has 1 unspecified atom stereocenters. The van der Waals surface area contributed by atoms with Crippen LogP contribution in [-0.2, 0) is 4.79 Å². The largest absolute Gasteiger partial charge is 0.311 e. The zero-order valence-corrected chi connectivity index (χ0v) is 13.3. The van der Waals surface area contributed by atoms with Gasteiger partial charge in [-0.2, -0.15) is 5.10 Å². The predicted octanol–water partition coefficient (Wildman–Crippen LogP) is 1.57. The van der Waals surface area contributed by atoms with Gasteiger partial charge in [-0.25, -0.2) is 9.67 Å². The molecule has 1 aliphatic rings. The van der Waals surface area contributed by atoms with Crippen molar-refractivity contribution < 1.29 is 4.79 Å². The van der Waals surface area contributed by atoms with Gasteiger partial charge < -0.3 is 4.90 Å². The first kappa shape index (κ1) is 14.6. The van der Waals surface area contributed by atoms with E-state index < -0.39 is 6.04 Å². The van der Waals surface area contributed by atoms with E-state index in [9.17, 15) is 9.59 Å². The van der Waals surface area contributed by atoms with E-state index in [1.165, 1.54) is 11.0 Å². The van der Waals surface area contributed by atoms with Crippen molar-refractivity contribution in [2.75, 3.05) is 11.4 Å². The average Bonchev–Trinajstić information content (AvgIpc) is 3.05. The highest BCUT2D eigenvalue weighted by molar-refractivity contribution is 5.96. The Kier molecular flexibility index (Phi) is 3.41. The molecule has 0 N–H and O–H groups in total. The lowest BCUT2D eigenvalue weighted by Gasteiger charge is -2.32. The zero-order valence-electron chi connectivity index (χ0n) is 13.3. The van der Waals surface area contributed by atoms with Gasteiger partial charge in [-0.05, 0) is 37.5 Å². The molecule has 0 bridgehead atoms. The Morgan fingerprint density at radius 3 is 2.96 bits per heavy atom. The Bertz CT molecular complexity index is 974. The third-order valence-electron chi connectivity index (χ3n) is 4.39. The second kappa shape index (κ2) is 5.59. The SMILES string of the molecule is Cc1cccc(N2CCCC(n3ncn4ccnc4c3=O)C2=O)c1. The van der Waals surface area contributed by atoms with Crippen LogP contribution < -0.4 is 10.5 Å². The molecule has 1 atom stereocenters. The van der Waals surface area contributed by atoms with Crippen LogP contribution in [0.4, 0.5) is 5.69 Å². The van der Waals surface area contributed by atoms with Crippen LogP contribution in [0.5, 0.6) is 0 Å². The van der Waals surface area contributed by atoms with Gasteiger partial charge >= 0.3 is 5.56 Å². The van der Waals surface area contributed by atoms with Gasteiger partial charge in [0.15, 0.2) is 0 Å². The molecule has 1 amide bonds. The van der Waals surface area contributed by atoms with Gasteiger partial charge in [0, 0.05) is 24.6 Å². The Morgan fingerprint density at radius 2 is 2.12 bits per heavy atom. The minimum atomic E-state index is -0.589. The number of aryl methyl sites for hydroxylation is 1. The minimum absolute atomic E-state index is 0.0997. The van der Waals surface area contributed by atoms with Gasteiger partial charge in [0.2, 0.25) is 5.65 Å². The van der Waals surface area contributed by atoms with Crippen LogP contribution >= 0.6 is 0 Å². The van der Waals surface area contributed by atoms with E-state index in [1.54, 1.807) is 21.7 Å². The van der Waals surface area contributed by atoms with Crippen molar-refractivity contribution in [2.24, 2.45) is 0 Å². The number of hydrogen-bond acceptors (Lipinski definition) is 4. The first-order valence-electron chi connectivity index (χ1n) is 7.94. The quantitative estimate of drug-likeness (QED) is 0.717. The average molecular weight is 323 g/mol. The summed E-state index contributed by atoms with van der Waals surface area (Å²) < 4.78 is 2.83. The van der Waals surface area contributed by atoms with E-state index in [0.717, 1.165) is 17.7 Å². The number of rotatable bonds is 2. The lowest BCUT2D eigenvalue weighted by molar-refractivity contribution is -0.123. The number of aromatic nitrogens is 4. The summed E-state index contributed by atoms with van der Waals surface area (Å²) in [4.78, 5) is 31.3. The van der Waals surface area contributed by atoms with Crippen molar-refractivity contribution >= 4 is 17.2 Å². The van der Waals surface area contributed by atoms with Gasteiger partial charge in [0.05, 0.1) is 0 Å². The summed E-state index contributed by atoms with van der Waals surface area (Å²) in [7, 11) is 0. The molecule has 7 nitrogen and oxygen atoms in total. The molecule has 4 rings (SSSR count). The first-order valence-corrected chi connectivity index (χ1v) is 7.94. The van der Waals surface area contributed by atoms with Crippen molar-refractivity contribution in [3.05, 3.63) is 58.9 Å². The van der Waals surface area contributed by atoms with Gasteiger partial charge in [-0.3, -0.25) is 14.0 Å². The molecule has 1 saturated heterocycles. The van der Waals surface area contributed by atoms with Crippen LogP contribution in [0.1, 0.15) is 24.4 Å². The Labute approximate surface area is 138 Å². The number of imidazole rings is 1. The van der Waals surface area contributed by atoms with Crippen molar-refractivity contribution in [1.82, 2.24) is 19.2 Å². The lowest BCUT2D eigenvalue weighted by Crippen LogP contribution is -2.45. The van der Waals surface area contributed by atoms with Gasteiger partial charge in [-0.1, -0.05) is 12.1 Å². The van der Waals surface area contributed by atoms with E-state index in [2.05, 4.69) is 10.1 Å². The van der Waals surface area contributed by atoms with E-state index in [4.69, 9.17) is 0 Å². The first-order chi connectivity index (χ1) is 11.6. The van der Waals surface area contributed by atoms with Crippen LogP contribution in [0.25, 0.3) is 5.65 Å². The molecule has 24 heavy (non-hydrogen) atoms. The second-order valence-electron chi connectivity index (χ2n) is 6.03. The van der Waals surface area contributed by atoms with Gasteiger partial charge in [0.1, 0.15) is 12.4 Å². The molecule has 1 aliphatic heterocycles. The molecule has 0 aliphatic carbocycles. The summed E-state index contributed by atoms with van der Waals surface area (Å²) >= 11 is 0. The molecule has 122 valence electrons. The van der Waals surface area contributed by atoms with Crippen molar-refractivity contribution in [3.63, 3.8) is 0 Å². The van der Waals surface area contributed by atoms with Gasteiger partial charge in [-0.15, -0.1) is 0 Å². The summed E-state index contributed by atoms with van der Waals surface area (Å²) in [5.41, 5.74) is 1.90. The number of carbonyl (C=O) groups excluding carboxylic acids is 1. The maximum absolute atomic E-state index is 13.0. The third kappa shape index (κ3) is 2.29. The number of nitrogens with zero attached hydrogens (tertiary/aromatic N) is 5. The molecule has 1 fully saturated rings. The van der Waals surface area contributed by atoms with Crippen LogP contribution in [0, 0.1) is 6.92 Å². The molecule has 2 aromatic heterocycles. The lowest BCUT2D eigenvalue weighted by atomic mass is 10.0. The topological polar surface area (TPSA) is 72.5 Å². The minimum Gasteiger partial charge on any atom is -0.311 e. The highest BCUT2D eigenvalue weighted by Crippen LogP contribution is 2.26. The molecule has 0 spiro atoms. The summed E-state index contributed by atoms with van der Waals surface area (Å²) in [6.07, 6.45) is 6.14. The Hall–Kier alpha value is -2.96. The number of carbonyl (C=O) groups is 1. The predicted molar refractivity (Wildman–Crippen MR) is 89.1 cm³/mol. The standard InChI is InChI=1S/C17H17N5O2/c1-12-4-2-5-13(10-12)21-8-3-6-14(16(21)23)22-17(24)15-18-7-9-20(15)11-19-22/h2,4-5,7,9-11,14H,3,6,8H2,1H3. The molecule has 7 heteroatoms. The molecule has 3 heterocycles. The normalized spacial score (nSPS) is 18.3. The van der Waals surface area contributed by atoms with Crippen LogP contribution in [0.2, 0.25) is 0 Å². The van der Waals surface area contributed by atoms with Crippen LogP contribution in [0.3, 0.4) is 0 Å². The number of anilines is 1. The molecule has 3 aromatic rings.